The molecular formula is C16H26O2Si. The molecule has 2 aliphatic carbocycles. The Morgan fingerprint density at radius 2 is 1.95 bits per heavy atom. The maximum absolute atomic E-state index is 12.0. The maximum Gasteiger partial charge on any atom is 0.250 e. The van der Waals surface area contributed by atoms with Crippen LogP contribution in [-0.4, -0.2) is 14.1 Å². The van der Waals surface area contributed by atoms with Crippen LogP contribution in [0.3, 0.4) is 0 Å². The summed E-state index contributed by atoms with van der Waals surface area (Å²) in [6, 6.07) is 0. The second-order valence-corrected chi connectivity index (χ2v) is 12.2. The molecule has 0 unspecified atom stereocenters. The number of rotatable bonds is 3. The molecule has 3 heteroatoms. The first kappa shape index (κ1) is 14.6. The van der Waals surface area contributed by atoms with Crippen LogP contribution in [0.2, 0.25) is 18.1 Å². The molecule has 0 bridgehead atoms. The second-order valence-electron chi connectivity index (χ2n) is 7.51. The van der Waals surface area contributed by atoms with Crippen molar-refractivity contribution in [3.63, 3.8) is 0 Å². The van der Waals surface area contributed by atoms with Crippen LogP contribution in [-0.2, 0) is 9.22 Å². The van der Waals surface area contributed by atoms with Gasteiger partial charge in [0.2, 0.25) is 8.32 Å². The van der Waals surface area contributed by atoms with Crippen LogP contribution in [0, 0.1) is 11.3 Å². The van der Waals surface area contributed by atoms with Gasteiger partial charge >= 0.3 is 0 Å². The van der Waals surface area contributed by atoms with Gasteiger partial charge in [-0.05, 0) is 36.5 Å². The molecule has 0 N–H and O–H groups in total. The highest BCUT2D eigenvalue weighted by molar-refractivity contribution is 6.74. The third-order valence-corrected chi connectivity index (χ3v) is 9.88. The third-order valence-electron chi connectivity index (χ3n) is 5.51. The summed E-state index contributed by atoms with van der Waals surface area (Å²) < 4.78 is 6.45. The summed E-state index contributed by atoms with van der Waals surface area (Å²) in [6.07, 6.45) is 3.45. The van der Waals surface area contributed by atoms with Crippen molar-refractivity contribution in [2.45, 2.75) is 58.7 Å². The van der Waals surface area contributed by atoms with E-state index >= 15 is 0 Å². The average molecular weight is 278 g/mol. The minimum absolute atomic E-state index is 0.188. The predicted molar refractivity (Wildman–Crippen MR) is 81.3 cm³/mol. The Morgan fingerprint density at radius 1 is 1.37 bits per heavy atom. The molecule has 0 saturated heterocycles. The molecule has 2 nitrogen and oxygen atoms in total. The van der Waals surface area contributed by atoms with Crippen molar-refractivity contribution in [3.05, 3.63) is 24.0 Å². The molecule has 1 fully saturated rings. The van der Waals surface area contributed by atoms with Crippen LogP contribution in [0.1, 0.15) is 40.5 Å². The van der Waals surface area contributed by atoms with Crippen molar-refractivity contribution < 1.29 is 9.22 Å². The third kappa shape index (κ3) is 1.85. The van der Waals surface area contributed by atoms with E-state index < -0.39 is 13.7 Å². The standard InChI is InChI=1S/C16H26O2Si/c1-8-16-11(2)13(9-12(16)10-14(16)17)18-19(6,7)15(3,4)5/h8,12H,1,9-10H2,2-7H3/t12-,16-/m0/s1. The molecule has 2 rings (SSSR count). The van der Waals surface area contributed by atoms with E-state index in [1.54, 1.807) is 0 Å². The van der Waals surface area contributed by atoms with E-state index in [4.69, 9.17) is 4.43 Å². The zero-order valence-electron chi connectivity index (χ0n) is 13.1. The lowest BCUT2D eigenvalue weighted by atomic mass is 9.58. The average Bonchev–Trinajstić information content (AvgIpc) is 2.45. The highest BCUT2D eigenvalue weighted by atomic mass is 28.4. The first-order valence-corrected chi connectivity index (χ1v) is 10.0. The Labute approximate surface area is 118 Å². The number of allylic oxidation sites excluding steroid dienone is 3. The van der Waals surface area contributed by atoms with E-state index in [1.165, 1.54) is 0 Å². The van der Waals surface area contributed by atoms with Gasteiger partial charge in [-0.3, -0.25) is 4.79 Å². The van der Waals surface area contributed by atoms with Gasteiger partial charge in [0.15, 0.2) is 0 Å². The van der Waals surface area contributed by atoms with Crippen LogP contribution in [0.15, 0.2) is 24.0 Å². The van der Waals surface area contributed by atoms with Gasteiger partial charge < -0.3 is 4.43 Å². The SMILES string of the molecule is C=C[C@@]12C(=O)C[C@@H]1CC(O[Si](C)(C)C(C)(C)C)=C2C. The predicted octanol–water partition coefficient (Wildman–Crippen LogP) is 4.45. The van der Waals surface area contributed by atoms with Gasteiger partial charge in [0.1, 0.15) is 5.78 Å². The molecule has 0 spiro atoms. The molecule has 0 aromatic carbocycles. The van der Waals surface area contributed by atoms with Crippen LogP contribution < -0.4 is 0 Å². The van der Waals surface area contributed by atoms with Crippen molar-refractivity contribution >= 4 is 14.1 Å². The summed E-state index contributed by atoms with van der Waals surface area (Å²) in [5, 5.41) is 0.188. The van der Waals surface area contributed by atoms with Crippen molar-refractivity contribution in [2.24, 2.45) is 11.3 Å². The fraction of sp³-hybridized carbons (Fsp3) is 0.688. The number of ketones is 1. The fourth-order valence-corrected chi connectivity index (χ4v) is 4.18. The van der Waals surface area contributed by atoms with Crippen molar-refractivity contribution in [1.82, 2.24) is 0 Å². The summed E-state index contributed by atoms with van der Waals surface area (Å²) in [5.74, 6) is 1.79. The molecule has 2 atom stereocenters. The molecule has 0 heterocycles. The van der Waals surface area contributed by atoms with E-state index in [2.05, 4.69) is 47.4 Å². The van der Waals surface area contributed by atoms with Crippen LogP contribution in [0.25, 0.3) is 0 Å². The van der Waals surface area contributed by atoms with E-state index in [1.807, 2.05) is 6.08 Å². The Morgan fingerprint density at radius 3 is 2.32 bits per heavy atom. The summed E-state index contributed by atoms with van der Waals surface area (Å²) in [6.45, 7) is 17.2. The molecule has 0 amide bonds. The first-order chi connectivity index (χ1) is 8.56. The van der Waals surface area contributed by atoms with Gasteiger partial charge in [0.25, 0.3) is 0 Å². The second kappa shape index (κ2) is 4.08. The van der Waals surface area contributed by atoms with Crippen molar-refractivity contribution in [1.29, 1.82) is 0 Å². The zero-order chi connectivity index (χ0) is 14.6. The summed E-state index contributed by atoms with van der Waals surface area (Å²) in [7, 11) is -1.81. The van der Waals surface area contributed by atoms with Gasteiger partial charge in [-0.2, -0.15) is 0 Å². The summed E-state index contributed by atoms with van der Waals surface area (Å²) >= 11 is 0. The smallest absolute Gasteiger partial charge is 0.250 e. The zero-order valence-corrected chi connectivity index (χ0v) is 14.1. The van der Waals surface area contributed by atoms with Crippen molar-refractivity contribution in [3.8, 4) is 0 Å². The van der Waals surface area contributed by atoms with Gasteiger partial charge in [0, 0.05) is 12.8 Å². The van der Waals surface area contributed by atoms with Gasteiger partial charge in [0.05, 0.1) is 11.2 Å². The molecule has 0 radical (unpaired) electrons. The monoisotopic (exact) mass is 278 g/mol. The van der Waals surface area contributed by atoms with Gasteiger partial charge in [-0.1, -0.05) is 26.8 Å². The maximum atomic E-state index is 12.0. The van der Waals surface area contributed by atoms with E-state index in [-0.39, 0.29) is 5.04 Å². The van der Waals surface area contributed by atoms with Crippen molar-refractivity contribution in [2.75, 3.05) is 0 Å². The number of hydrogen-bond acceptors (Lipinski definition) is 2. The normalized spacial score (nSPS) is 31.1. The number of carbonyl (C=O) groups is 1. The van der Waals surface area contributed by atoms with E-state index in [0.29, 0.717) is 18.1 Å². The minimum atomic E-state index is -1.81. The molecule has 19 heavy (non-hydrogen) atoms. The van der Waals surface area contributed by atoms with Crippen LogP contribution in [0.4, 0.5) is 0 Å². The molecule has 1 saturated carbocycles. The lowest BCUT2D eigenvalue weighted by Crippen LogP contribution is -2.46. The Hall–Kier alpha value is -0.833. The molecule has 0 aromatic rings. The molecular weight excluding hydrogens is 252 g/mol. The number of carbonyl (C=O) groups excluding carboxylic acids is 1. The topological polar surface area (TPSA) is 26.3 Å². The first-order valence-electron chi connectivity index (χ1n) is 7.12. The summed E-state index contributed by atoms with van der Waals surface area (Å²) in [5.41, 5.74) is 0.728. The van der Waals surface area contributed by atoms with Crippen LogP contribution >= 0.6 is 0 Å². The Balaban J connectivity index is 2.31. The minimum Gasteiger partial charge on any atom is -0.547 e. The lowest BCUT2D eigenvalue weighted by molar-refractivity contribution is -0.136. The Kier molecular flexibility index (Phi) is 3.13. The molecule has 2 aliphatic rings. The molecule has 0 aliphatic heterocycles. The quantitative estimate of drug-likeness (QED) is 0.563. The molecule has 106 valence electrons. The van der Waals surface area contributed by atoms with E-state index in [9.17, 15) is 4.79 Å². The number of Topliss-reactive ketones (excluding diaryl/α,β-unsaturated/α-hetero) is 1. The largest absolute Gasteiger partial charge is 0.547 e. The lowest BCUT2D eigenvalue weighted by Gasteiger charge is -2.41. The molecule has 0 aromatic heterocycles. The van der Waals surface area contributed by atoms with E-state index in [0.717, 1.165) is 17.8 Å². The number of fused-ring (bicyclic) bond motifs is 1. The summed E-state index contributed by atoms with van der Waals surface area (Å²) in [4.78, 5) is 12.0. The number of hydrogen-bond donors (Lipinski definition) is 0. The van der Waals surface area contributed by atoms with Crippen LogP contribution in [0.5, 0.6) is 0 Å². The highest BCUT2D eigenvalue weighted by Gasteiger charge is 2.59. The fourth-order valence-electron chi connectivity index (χ4n) is 3.02. The van der Waals surface area contributed by atoms with Gasteiger partial charge in [-0.25, -0.2) is 0 Å². The Bertz CT molecular complexity index is 468. The highest BCUT2D eigenvalue weighted by Crippen LogP contribution is 2.59. The van der Waals surface area contributed by atoms with Gasteiger partial charge in [-0.15, -0.1) is 6.58 Å².